The molecule has 0 unspecified atom stereocenters. The van der Waals surface area contributed by atoms with Crippen LogP contribution in [-0.2, 0) is 16.3 Å². The number of alkyl halides is 3. The Bertz CT molecular complexity index is 682. The summed E-state index contributed by atoms with van der Waals surface area (Å²) in [5, 5.41) is 6.32. The quantitative estimate of drug-likeness (QED) is 0.907. The molecule has 1 aromatic heterocycles. The third-order valence-electron chi connectivity index (χ3n) is 2.54. The van der Waals surface area contributed by atoms with Gasteiger partial charge in [-0.25, -0.2) is 8.42 Å². The van der Waals surface area contributed by atoms with Crippen molar-refractivity contribution >= 4 is 15.5 Å². The minimum atomic E-state index is -5.31. The third-order valence-corrected chi connectivity index (χ3v) is 4.05. The van der Waals surface area contributed by atoms with E-state index in [1.54, 1.807) is 0 Å². The molecule has 21 heavy (non-hydrogen) atoms. The van der Waals surface area contributed by atoms with E-state index in [2.05, 4.69) is 15.5 Å². The molecule has 0 bridgehead atoms. The van der Waals surface area contributed by atoms with E-state index in [0.29, 0.717) is 24.5 Å². The number of rotatable bonds is 5. The number of sulfone groups is 1. The SMILES string of the molecule is O=S(=O)(c1ccc(NCCc2ncno2)cc1)C(F)(F)F. The number of aromatic nitrogens is 2. The van der Waals surface area contributed by atoms with Gasteiger partial charge in [0.2, 0.25) is 5.89 Å². The summed E-state index contributed by atoms with van der Waals surface area (Å²) in [4.78, 5) is 3.00. The Kier molecular flexibility index (Phi) is 4.16. The van der Waals surface area contributed by atoms with Crippen LogP contribution < -0.4 is 5.32 Å². The Labute approximate surface area is 117 Å². The highest BCUT2D eigenvalue weighted by molar-refractivity contribution is 7.92. The highest BCUT2D eigenvalue weighted by atomic mass is 32.2. The van der Waals surface area contributed by atoms with Crippen LogP contribution in [0.25, 0.3) is 0 Å². The molecule has 0 atom stereocenters. The molecule has 114 valence electrons. The number of benzene rings is 1. The van der Waals surface area contributed by atoms with Gasteiger partial charge >= 0.3 is 5.51 Å². The number of nitrogens with zero attached hydrogens (tertiary/aromatic N) is 2. The summed E-state index contributed by atoms with van der Waals surface area (Å²) in [5.74, 6) is 0.416. The molecular weight excluding hydrogens is 311 g/mol. The summed E-state index contributed by atoms with van der Waals surface area (Å²) in [5.41, 5.74) is -4.82. The van der Waals surface area contributed by atoms with E-state index in [-0.39, 0.29) is 0 Å². The van der Waals surface area contributed by atoms with E-state index in [0.717, 1.165) is 12.1 Å². The summed E-state index contributed by atoms with van der Waals surface area (Å²) in [6, 6.07) is 4.31. The molecule has 10 heteroatoms. The van der Waals surface area contributed by atoms with Gasteiger partial charge in [0.25, 0.3) is 9.84 Å². The van der Waals surface area contributed by atoms with E-state index in [9.17, 15) is 21.6 Å². The van der Waals surface area contributed by atoms with Crippen molar-refractivity contribution in [1.82, 2.24) is 10.1 Å². The Morgan fingerprint density at radius 3 is 2.38 bits per heavy atom. The molecule has 6 nitrogen and oxygen atoms in total. The van der Waals surface area contributed by atoms with E-state index < -0.39 is 20.2 Å². The van der Waals surface area contributed by atoms with Gasteiger partial charge in [-0.2, -0.15) is 18.2 Å². The van der Waals surface area contributed by atoms with Gasteiger partial charge in [-0.3, -0.25) is 0 Å². The number of anilines is 1. The lowest BCUT2D eigenvalue weighted by Gasteiger charge is -2.09. The first kappa shape index (κ1) is 15.3. The van der Waals surface area contributed by atoms with E-state index in [1.165, 1.54) is 18.5 Å². The molecule has 0 aliphatic heterocycles. The highest BCUT2D eigenvalue weighted by Gasteiger charge is 2.46. The van der Waals surface area contributed by atoms with Crippen molar-refractivity contribution in [2.75, 3.05) is 11.9 Å². The topological polar surface area (TPSA) is 85.1 Å². The van der Waals surface area contributed by atoms with Gasteiger partial charge in [-0.15, -0.1) is 0 Å². The van der Waals surface area contributed by atoms with Crippen molar-refractivity contribution in [1.29, 1.82) is 0 Å². The molecule has 0 aliphatic rings. The Morgan fingerprint density at radius 2 is 1.86 bits per heavy atom. The molecule has 0 saturated heterocycles. The third kappa shape index (κ3) is 3.51. The van der Waals surface area contributed by atoms with Crippen molar-refractivity contribution in [3.05, 3.63) is 36.5 Å². The molecule has 1 aromatic carbocycles. The van der Waals surface area contributed by atoms with Crippen LogP contribution in [-0.4, -0.2) is 30.6 Å². The number of hydrogen-bond donors (Lipinski definition) is 1. The zero-order valence-corrected chi connectivity index (χ0v) is 11.3. The maximum Gasteiger partial charge on any atom is 0.501 e. The van der Waals surface area contributed by atoms with Crippen LogP contribution in [0.1, 0.15) is 5.89 Å². The molecule has 1 heterocycles. The van der Waals surface area contributed by atoms with Gasteiger partial charge < -0.3 is 9.84 Å². The summed E-state index contributed by atoms with van der Waals surface area (Å²) < 4.78 is 64.1. The average molecular weight is 321 g/mol. The van der Waals surface area contributed by atoms with Gasteiger partial charge in [0.1, 0.15) is 0 Å². The van der Waals surface area contributed by atoms with E-state index in [4.69, 9.17) is 4.52 Å². The molecule has 0 aliphatic carbocycles. The maximum absolute atomic E-state index is 12.4. The average Bonchev–Trinajstić information content (AvgIpc) is 2.91. The first-order valence-corrected chi connectivity index (χ1v) is 7.20. The standard InChI is InChI=1S/C11H10F3N3O3S/c12-11(13,14)21(18,19)9-3-1-8(2-4-9)15-6-5-10-16-7-17-20-10/h1-4,7,15H,5-6H2. The van der Waals surface area contributed by atoms with E-state index >= 15 is 0 Å². The van der Waals surface area contributed by atoms with Gasteiger partial charge in [-0.05, 0) is 24.3 Å². The Morgan fingerprint density at radius 1 is 1.19 bits per heavy atom. The summed E-state index contributed by atoms with van der Waals surface area (Å²) in [6.07, 6.45) is 1.69. The Hall–Kier alpha value is -2.10. The van der Waals surface area contributed by atoms with Crippen molar-refractivity contribution in [3.8, 4) is 0 Å². The van der Waals surface area contributed by atoms with Crippen molar-refractivity contribution < 1.29 is 26.1 Å². The predicted molar refractivity (Wildman–Crippen MR) is 66.2 cm³/mol. The first-order valence-electron chi connectivity index (χ1n) is 5.71. The summed E-state index contributed by atoms with van der Waals surface area (Å²) >= 11 is 0. The van der Waals surface area contributed by atoms with Gasteiger partial charge in [-0.1, -0.05) is 5.16 Å². The van der Waals surface area contributed by atoms with Gasteiger partial charge in [0.15, 0.2) is 6.33 Å². The lowest BCUT2D eigenvalue weighted by Crippen LogP contribution is -2.23. The molecule has 2 rings (SSSR count). The molecule has 0 spiro atoms. The van der Waals surface area contributed by atoms with Crippen molar-refractivity contribution in [3.63, 3.8) is 0 Å². The van der Waals surface area contributed by atoms with E-state index in [1.807, 2.05) is 0 Å². The maximum atomic E-state index is 12.4. The fourth-order valence-corrected chi connectivity index (χ4v) is 2.27. The molecule has 0 radical (unpaired) electrons. The minimum Gasteiger partial charge on any atom is -0.385 e. The van der Waals surface area contributed by atoms with Crippen LogP contribution in [0.15, 0.2) is 40.0 Å². The number of hydrogen-bond acceptors (Lipinski definition) is 6. The molecule has 0 saturated carbocycles. The normalized spacial score (nSPS) is 12.3. The summed E-state index contributed by atoms with van der Waals surface area (Å²) in [6.45, 7) is 0.410. The second-order valence-corrected chi connectivity index (χ2v) is 5.93. The molecule has 1 N–H and O–H groups in total. The van der Waals surface area contributed by atoms with Crippen LogP contribution in [0.5, 0.6) is 0 Å². The number of halogens is 3. The van der Waals surface area contributed by atoms with Crippen LogP contribution in [0.4, 0.5) is 18.9 Å². The van der Waals surface area contributed by atoms with Crippen molar-refractivity contribution in [2.24, 2.45) is 0 Å². The zero-order valence-electron chi connectivity index (χ0n) is 10.5. The summed E-state index contributed by atoms with van der Waals surface area (Å²) in [7, 11) is -5.31. The lowest BCUT2D eigenvalue weighted by atomic mass is 10.3. The fourth-order valence-electron chi connectivity index (χ4n) is 1.51. The second kappa shape index (κ2) is 5.72. The van der Waals surface area contributed by atoms with Crippen LogP contribution >= 0.6 is 0 Å². The number of nitrogens with one attached hydrogen (secondary N) is 1. The first-order chi connectivity index (χ1) is 9.80. The second-order valence-electron chi connectivity index (χ2n) is 3.99. The van der Waals surface area contributed by atoms with Gasteiger partial charge in [0.05, 0.1) is 4.90 Å². The molecule has 0 amide bonds. The van der Waals surface area contributed by atoms with Crippen LogP contribution in [0, 0.1) is 0 Å². The minimum absolute atomic E-state index is 0.410. The van der Waals surface area contributed by atoms with Crippen LogP contribution in [0.2, 0.25) is 0 Å². The molecular formula is C11H10F3N3O3S. The smallest absolute Gasteiger partial charge is 0.385 e. The van der Waals surface area contributed by atoms with Gasteiger partial charge in [0, 0.05) is 18.7 Å². The molecule has 0 fully saturated rings. The van der Waals surface area contributed by atoms with Crippen molar-refractivity contribution in [2.45, 2.75) is 16.8 Å². The monoisotopic (exact) mass is 321 g/mol. The predicted octanol–water partition coefficient (Wildman–Crippen LogP) is 2.02. The Balaban J connectivity index is 1.99. The largest absolute Gasteiger partial charge is 0.501 e. The highest BCUT2D eigenvalue weighted by Crippen LogP contribution is 2.30. The van der Waals surface area contributed by atoms with Crippen LogP contribution in [0.3, 0.4) is 0 Å². The molecule has 2 aromatic rings. The zero-order chi connectivity index (χ0) is 15.5. The fraction of sp³-hybridized carbons (Fsp3) is 0.273. The lowest BCUT2D eigenvalue weighted by molar-refractivity contribution is -0.0436.